The van der Waals surface area contributed by atoms with Crippen molar-refractivity contribution in [3.05, 3.63) is 42.1 Å². The van der Waals surface area contributed by atoms with Gasteiger partial charge in [-0.05, 0) is 12.5 Å². The van der Waals surface area contributed by atoms with Crippen molar-refractivity contribution in [3.63, 3.8) is 0 Å². The molecule has 108 valence electrons. The van der Waals surface area contributed by atoms with Gasteiger partial charge in [-0.1, -0.05) is 30.3 Å². The molecule has 0 spiro atoms. The molecule has 0 amide bonds. The van der Waals surface area contributed by atoms with Crippen molar-refractivity contribution >= 4 is 0 Å². The van der Waals surface area contributed by atoms with Gasteiger partial charge in [0.05, 0.1) is 12.3 Å². The van der Waals surface area contributed by atoms with Crippen LogP contribution in [0.15, 0.2) is 36.4 Å². The molecule has 0 saturated heterocycles. The van der Waals surface area contributed by atoms with Crippen molar-refractivity contribution in [1.29, 1.82) is 0 Å². The summed E-state index contributed by atoms with van der Waals surface area (Å²) in [5.41, 5.74) is 3.01. The first-order chi connectivity index (χ1) is 9.83. The summed E-state index contributed by atoms with van der Waals surface area (Å²) in [7, 11) is 0. The molecule has 1 heterocycles. The minimum absolute atomic E-state index is 0.116. The van der Waals surface area contributed by atoms with E-state index in [1.807, 2.05) is 36.4 Å². The lowest BCUT2D eigenvalue weighted by Gasteiger charge is -2.19. The standard InChI is InChI=1S/C15H21N3O2/c19-9-4-7-18(8-10-20)12-14-11-15(17-16-14)13-5-2-1-3-6-13/h1-3,5-6,11,19-20H,4,7-10,12H2,(H,16,17). The predicted molar refractivity (Wildman–Crippen MR) is 78.1 cm³/mol. The minimum atomic E-state index is 0.116. The van der Waals surface area contributed by atoms with E-state index < -0.39 is 0 Å². The largest absolute Gasteiger partial charge is 0.396 e. The van der Waals surface area contributed by atoms with Crippen LogP contribution in [0.3, 0.4) is 0 Å². The monoisotopic (exact) mass is 275 g/mol. The van der Waals surface area contributed by atoms with E-state index in [0.717, 1.165) is 23.5 Å². The number of aromatic nitrogens is 2. The maximum atomic E-state index is 9.07. The summed E-state index contributed by atoms with van der Waals surface area (Å²) < 4.78 is 0. The Morgan fingerprint density at radius 1 is 1.05 bits per heavy atom. The van der Waals surface area contributed by atoms with Crippen molar-refractivity contribution in [2.24, 2.45) is 0 Å². The summed E-state index contributed by atoms with van der Waals surface area (Å²) in [6.07, 6.45) is 0.708. The van der Waals surface area contributed by atoms with Crippen LogP contribution in [0.4, 0.5) is 0 Å². The van der Waals surface area contributed by atoms with E-state index in [1.165, 1.54) is 0 Å². The van der Waals surface area contributed by atoms with Gasteiger partial charge in [-0.25, -0.2) is 0 Å². The van der Waals surface area contributed by atoms with E-state index in [-0.39, 0.29) is 13.2 Å². The van der Waals surface area contributed by atoms with Gasteiger partial charge in [0.15, 0.2) is 0 Å². The predicted octanol–water partition coefficient (Wildman–Crippen LogP) is 1.25. The van der Waals surface area contributed by atoms with Crippen molar-refractivity contribution in [1.82, 2.24) is 15.1 Å². The highest BCUT2D eigenvalue weighted by Crippen LogP contribution is 2.17. The first-order valence-corrected chi connectivity index (χ1v) is 6.87. The number of nitrogens with one attached hydrogen (secondary N) is 1. The lowest BCUT2D eigenvalue weighted by molar-refractivity contribution is 0.173. The molecule has 0 fully saturated rings. The minimum Gasteiger partial charge on any atom is -0.396 e. The van der Waals surface area contributed by atoms with E-state index in [9.17, 15) is 0 Å². The van der Waals surface area contributed by atoms with E-state index in [0.29, 0.717) is 19.5 Å². The molecule has 1 aromatic heterocycles. The Morgan fingerprint density at radius 3 is 2.55 bits per heavy atom. The quantitative estimate of drug-likeness (QED) is 0.678. The Hall–Kier alpha value is -1.69. The lowest BCUT2D eigenvalue weighted by atomic mass is 10.1. The summed E-state index contributed by atoms with van der Waals surface area (Å²) in [5.74, 6) is 0. The van der Waals surface area contributed by atoms with Crippen LogP contribution < -0.4 is 0 Å². The molecule has 0 unspecified atom stereocenters. The second kappa shape index (κ2) is 7.79. The molecule has 5 heteroatoms. The van der Waals surface area contributed by atoms with Gasteiger partial charge >= 0.3 is 0 Å². The van der Waals surface area contributed by atoms with E-state index in [4.69, 9.17) is 10.2 Å². The number of H-pyrrole nitrogens is 1. The van der Waals surface area contributed by atoms with Gasteiger partial charge in [0.25, 0.3) is 0 Å². The Morgan fingerprint density at radius 2 is 1.85 bits per heavy atom. The number of hydrogen-bond acceptors (Lipinski definition) is 4. The number of nitrogens with zero attached hydrogens (tertiary/aromatic N) is 2. The lowest BCUT2D eigenvalue weighted by Crippen LogP contribution is -2.28. The van der Waals surface area contributed by atoms with E-state index in [1.54, 1.807) is 0 Å². The molecule has 2 aromatic rings. The third-order valence-electron chi connectivity index (χ3n) is 3.14. The number of rotatable bonds is 8. The van der Waals surface area contributed by atoms with Crippen molar-refractivity contribution in [2.75, 3.05) is 26.3 Å². The Labute approximate surface area is 118 Å². The van der Waals surface area contributed by atoms with Crippen LogP contribution >= 0.6 is 0 Å². The molecule has 0 bridgehead atoms. The zero-order valence-electron chi connectivity index (χ0n) is 11.5. The van der Waals surface area contributed by atoms with Gasteiger partial charge in [-0.3, -0.25) is 10.00 Å². The molecule has 0 aliphatic heterocycles. The maximum absolute atomic E-state index is 9.07. The normalized spacial score (nSPS) is 11.2. The molecule has 1 aromatic carbocycles. The number of aliphatic hydroxyl groups is 2. The summed E-state index contributed by atoms with van der Waals surface area (Å²) in [6.45, 7) is 2.34. The summed E-state index contributed by atoms with van der Waals surface area (Å²) in [5, 5.41) is 25.3. The fraction of sp³-hybridized carbons (Fsp3) is 0.400. The Bertz CT molecular complexity index is 499. The smallest absolute Gasteiger partial charge is 0.0924 e. The molecule has 0 radical (unpaired) electrons. The van der Waals surface area contributed by atoms with Gasteiger partial charge in [0.1, 0.15) is 0 Å². The average molecular weight is 275 g/mol. The van der Waals surface area contributed by atoms with Gasteiger partial charge in [0.2, 0.25) is 0 Å². The summed E-state index contributed by atoms with van der Waals surface area (Å²) in [4.78, 5) is 2.10. The highest BCUT2D eigenvalue weighted by atomic mass is 16.3. The van der Waals surface area contributed by atoms with Crippen molar-refractivity contribution in [3.8, 4) is 11.3 Å². The fourth-order valence-corrected chi connectivity index (χ4v) is 2.15. The second-order valence-corrected chi connectivity index (χ2v) is 4.72. The number of benzene rings is 1. The third kappa shape index (κ3) is 4.16. The molecule has 20 heavy (non-hydrogen) atoms. The molecular weight excluding hydrogens is 254 g/mol. The third-order valence-corrected chi connectivity index (χ3v) is 3.14. The Balaban J connectivity index is 2.00. The topological polar surface area (TPSA) is 72.4 Å². The average Bonchev–Trinajstić information content (AvgIpc) is 2.94. The zero-order valence-corrected chi connectivity index (χ0v) is 11.5. The van der Waals surface area contributed by atoms with Crippen LogP contribution in [0.5, 0.6) is 0 Å². The zero-order chi connectivity index (χ0) is 14.2. The van der Waals surface area contributed by atoms with E-state index in [2.05, 4.69) is 15.1 Å². The van der Waals surface area contributed by atoms with Gasteiger partial charge in [-0.2, -0.15) is 5.10 Å². The maximum Gasteiger partial charge on any atom is 0.0924 e. The molecule has 5 nitrogen and oxygen atoms in total. The SMILES string of the molecule is OCCCN(CCO)Cc1cc(-c2ccccc2)n[nH]1. The molecular formula is C15H21N3O2. The highest BCUT2D eigenvalue weighted by Gasteiger charge is 2.08. The van der Waals surface area contributed by atoms with Gasteiger partial charge in [0, 0.05) is 37.5 Å². The molecule has 0 aliphatic rings. The van der Waals surface area contributed by atoms with E-state index >= 15 is 0 Å². The molecule has 2 rings (SSSR count). The first kappa shape index (κ1) is 14.7. The van der Waals surface area contributed by atoms with Crippen molar-refractivity contribution < 1.29 is 10.2 Å². The highest BCUT2D eigenvalue weighted by molar-refractivity contribution is 5.58. The van der Waals surface area contributed by atoms with Gasteiger partial charge in [-0.15, -0.1) is 0 Å². The Kier molecular flexibility index (Phi) is 5.73. The van der Waals surface area contributed by atoms with Crippen LogP contribution in [-0.2, 0) is 6.54 Å². The number of hydrogen-bond donors (Lipinski definition) is 3. The number of aliphatic hydroxyl groups excluding tert-OH is 2. The summed E-state index contributed by atoms with van der Waals surface area (Å²) in [6, 6.07) is 12.0. The second-order valence-electron chi connectivity index (χ2n) is 4.72. The van der Waals surface area contributed by atoms with Crippen LogP contribution in [0.1, 0.15) is 12.1 Å². The van der Waals surface area contributed by atoms with Crippen molar-refractivity contribution in [2.45, 2.75) is 13.0 Å². The first-order valence-electron chi connectivity index (χ1n) is 6.87. The molecule has 0 saturated carbocycles. The van der Waals surface area contributed by atoms with Gasteiger partial charge < -0.3 is 10.2 Å². The van der Waals surface area contributed by atoms with Crippen LogP contribution in [0, 0.1) is 0 Å². The van der Waals surface area contributed by atoms with Crippen LogP contribution in [0.25, 0.3) is 11.3 Å². The molecule has 0 atom stereocenters. The van der Waals surface area contributed by atoms with Crippen LogP contribution in [-0.4, -0.2) is 51.6 Å². The fourth-order valence-electron chi connectivity index (χ4n) is 2.15. The molecule has 3 N–H and O–H groups in total. The number of aromatic amines is 1. The summed E-state index contributed by atoms with van der Waals surface area (Å²) >= 11 is 0. The molecule has 0 aliphatic carbocycles. The van der Waals surface area contributed by atoms with Crippen LogP contribution in [0.2, 0.25) is 0 Å².